The van der Waals surface area contributed by atoms with E-state index >= 15 is 0 Å². The molecule has 3 rings (SSSR count). The SMILES string of the molecule is O=C(CC(F)(F)F)Nc1cccc(C2=CC(c3cc(Cl)cc(Cl)c3)(C(F)(F)F)ON2)c1Cl. The molecule has 2 N–H and O–H groups in total. The van der Waals surface area contributed by atoms with Crippen molar-refractivity contribution in [3.63, 3.8) is 0 Å². The van der Waals surface area contributed by atoms with Crippen LogP contribution in [0, 0.1) is 0 Å². The van der Waals surface area contributed by atoms with Gasteiger partial charge in [0.1, 0.15) is 6.42 Å². The van der Waals surface area contributed by atoms with E-state index in [4.69, 9.17) is 39.6 Å². The molecule has 0 fully saturated rings. The van der Waals surface area contributed by atoms with Crippen molar-refractivity contribution in [2.24, 2.45) is 0 Å². The summed E-state index contributed by atoms with van der Waals surface area (Å²) in [6.07, 6.45) is -10.8. The van der Waals surface area contributed by atoms with Gasteiger partial charge in [-0.2, -0.15) is 26.3 Å². The number of hydroxylamine groups is 1. The lowest BCUT2D eigenvalue weighted by molar-refractivity contribution is -0.269. The number of amides is 1. The molecule has 2 aromatic carbocycles. The van der Waals surface area contributed by atoms with E-state index in [9.17, 15) is 31.1 Å². The smallest absolute Gasteiger partial charge is 0.324 e. The van der Waals surface area contributed by atoms with Crippen molar-refractivity contribution in [3.05, 3.63) is 68.7 Å². The zero-order valence-corrected chi connectivity index (χ0v) is 17.7. The molecular weight excluding hydrogens is 509 g/mol. The first-order valence-electron chi connectivity index (χ1n) is 8.57. The lowest BCUT2D eigenvalue weighted by Crippen LogP contribution is -2.42. The average Bonchev–Trinajstić information content (AvgIpc) is 3.07. The summed E-state index contributed by atoms with van der Waals surface area (Å²) in [4.78, 5) is 16.5. The van der Waals surface area contributed by atoms with Gasteiger partial charge in [-0.05, 0) is 30.3 Å². The molecule has 4 nitrogen and oxygen atoms in total. The maximum atomic E-state index is 14.1. The van der Waals surface area contributed by atoms with Gasteiger partial charge in [0, 0.05) is 21.2 Å². The van der Waals surface area contributed by atoms with Crippen molar-refractivity contribution < 1.29 is 36.0 Å². The summed E-state index contributed by atoms with van der Waals surface area (Å²) in [5.41, 5.74) is -1.79. The van der Waals surface area contributed by atoms with Crippen LogP contribution in [0.4, 0.5) is 32.0 Å². The number of nitrogens with one attached hydrogen (secondary N) is 2. The van der Waals surface area contributed by atoms with Gasteiger partial charge >= 0.3 is 12.4 Å². The van der Waals surface area contributed by atoms with Crippen LogP contribution in [0.2, 0.25) is 15.1 Å². The Morgan fingerprint density at radius 1 is 1.03 bits per heavy atom. The molecule has 0 saturated heterocycles. The van der Waals surface area contributed by atoms with E-state index in [1.54, 1.807) is 0 Å². The van der Waals surface area contributed by atoms with E-state index in [-0.39, 0.29) is 32.0 Å². The van der Waals surface area contributed by atoms with Gasteiger partial charge in [0.15, 0.2) is 0 Å². The van der Waals surface area contributed by atoms with Gasteiger partial charge in [-0.25, -0.2) is 0 Å². The second-order valence-electron chi connectivity index (χ2n) is 6.66. The molecule has 1 amide bonds. The standard InChI is InChI=1S/C19H11Cl3F6N2O2/c20-10-4-9(5-11(21)6-10)17(19(26,27)28)7-14(30-32-17)12-2-1-3-13(16(12)22)29-15(31)8-18(23,24)25/h1-7,30H,8H2,(H,29,31). The van der Waals surface area contributed by atoms with Crippen LogP contribution in [0.3, 0.4) is 0 Å². The fraction of sp³-hybridized carbons (Fsp3) is 0.211. The topological polar surface area (TPSA) is 50.4 Å². The van der Waals surface area contributed by atoms with Crippen LogP contribution in [-0.2, 0) is 15.2 Å². The molecule has 0 spiro atoms. The lowest BCUT2D eigenvalue weighted by Gasteiger charge is -2.28. The maximum Gasteiger partial charge on any atom is 0.428 e. The third-order valence-electron chi connectivity index (χ3n) is 4.31. The number of alkyl halides is 6. The maximum absolute atomic E-state index is 14.1. The van der Waals surface area contributed by atoms with Gasteiger partial charge in [0.25, 0.3) is 0 Å². The molecule has 1 atom stereocenters. The highest BCUT2D eigenvalue weighted by Gasteiger charge is 2.59. The summed E-state index contributed by atoms with van der Waals surface area (Å²) in [5, 5.41) is 1.56. The van der Waals surface area contributed by atoms with Gasteiger partial charge in [-0.1, -0.05) is 46.9 Å². The minimum absolute atomic E-state index is 0.0595. The molecule has 32 heavy (non-hydrogen) atoms. The largest absolute Gasteiger partial charge is 0.428 e. The second kappa shape index (κ2) is 8.66. The predicted octanol–water partition coefficient (Wildman–Crippen LogP) is 6.87. The molecule has 1 aliphatic heterocycles. The quantitative estimate of drug-likeness (QED) is 0.434. The minimum Gasteiger partial charge on any atom is -0.324 e. The number of halogens is 9. The number of benzene rings is 2. The van der Waals surface area contributed by atoms with Crippen molar-refractivity contribution in [3.8, 4) is 0 Å². The Morgan fingerprint density at radius 2 is 1.66 bits per heavy atom. The summed E-state index contributed by atoms with van der Waals surface area (Å²) >= 11 is 17.8. The summed E-state index contributed by atoms with van der Waals surface area (Å²) in [6.45, 7) is 0. The van der Waals surface area contributed by atoms with Gasteiger partial charge in [-0.15, -0.1) is 0 Å². The molecule has 13 heteroatoms. The zero-order chi connectivity index (χ0) is 23.9. The van der Waals surface area contributed by atoms with E-state index in [0.29, 0.717) is 6.08 Å². The summed E-state index contributed by atoms with van der Waals surface area (Å²) < 4.78 is 79.4. The molecule has 0 bridgehead atoms. The number of carbonyl (C=O) groups excluding carboxylic acids is 1. The predicted molar refractivity (Wildman–Crippen MR) is 107 cm³/mol. The van der Waals surface area contributed by atoms with Gasteiger partial charge < -0.3 is 5.32 Å². The highest BCUT2D eigenvalue weighted by molar-refractivity contribution is 6.35. The van der Waals surface area contributed by atoms with Crippen molar-refractivity contribution in [1.82, 2.24) is 5.48 Å². The Labute approximate surface area is 192 Å². The van der Waals surface area contributed by atoms with Crippen LogP contribution in [0.1, 0.15) is 17.5 Å². The molecule has 0 aromatic heterocycles. The third-order valence-corrected chi connectivity index (χ3v) is 5.15. The van der Waals surface area contributed by atoms with E-state index in [0.717, 1.165) is 12.1 Å². The second-order valence-corrected chi connectivity index (χ2v) is 7.91. The van der Waals surface area contributed by atoms with E-state index in [1.165, 1.54) is 24.3 Å². The molecule has 0 radical (unpaired) electrons. The van der Waals surface area contributed by atoms with E-state index in [2.05, 4.69) is 5.48 Å². The summed E-state index contributed by atoms with van der Waals surface area (Å²) in [5.74, 6) is -1.39. The zero-order valence-electron chi connectivity index (χ0n) is 15.5. The third kappa shape index (κ3) is 5.09. The summed E-state index contributed by atoms with van der Waals surface area (Å²) in [6, 6.07) is 7.07. The number of carbonyl (C=O) groups is 1. The highest BCUT2D eigenvalue weighted by atomic mass is 35.5. The molecule has 172 valence electrons. The van der Waals surface area contributed by atoms with Gasteiger partial charge in [-0.3, -0.25) is 15.1 Å². The first kappa shape index (κ1) is 24.5. The van der Waals surface area contributed by atoms with Crippen molar-refractivity contribution >= 4 is 52.1 Å². The Hall–Kier alpha value is -2.14. The normalized spacial score (nSPS) is 18.8. The lowest BCUT2D eigenvalue weighted by atomic mass is 9.91. The molecule has 2 aromatic rings. The molecule has 1 unspecified atom stereocenters. The molecule has 0 aliphatic carbocycles. The van der Waals surface area contributed by atoms with Crippen LogP contribution in [0.5, 0.6) is 0 Å². The van der Waals surface area contributed by atoms with Crippen LogP contribution in [0.15, 0.2) is 42.5 Å². The van der Waals surface area contributed by atoms with Crippen molar-refractivity contribution in [2.45, 2.75) is 24.4 Å². The van der Waals surface area contributed by atoms with Crippen LogP contribution in [0.25, 0.3) is 5.70 Å². The highest BCUT2D eigenvalue weighted by Crippen LogP contribution is 2.49. The fourth-order valence-electron chi connectivity index (χ4n) is 2.96. The number of rotatable bonds is 4. The fourth-order valence-corrected chi connectivity index (χ4v) is 3.76. The van der Waals surface area contributed by atoms with E-state index in [1.807, 2.05) is 5.32 Å². The van der Waals surface area contributed by atoms with Crippen molar-refractivity contribution in [2.75, 3.05) is 5.32 Å². The molecule has 1 heterocycles. The Balaban J connectivity index is 2.02. The summed E-state index contributed by atoms with van der Waals surface area (Å²) in [7, 11) is 0. The average molecular weight is 520 g/mol. The van der Waals surface area contributed by atoms with Crippen molar-refractivity contribution in [1.29, 1.82) is 0 Å². The van der Waals surface area contributed by atoms with E-state index < -0.39 is 35.8 Å². The number of anilines is 1. The molecule has 1 aliphatic rings. The Kier molecular flexibility index (Phi) is 6.63. The molecule has 0 saturated carbocycles. The minimum atomic E-state index is -4.97. The van der Waals surface area contributed by atoms with Crippen LogP contribution < -0.4 is 10.8 Å². The van der Waals surface area contributed by atoms with Crippen LogP contribution >= 0.6 is 34.8 Å². The van der Waals surface area contributed by atoms with Gasteiger partial charge in [0.2, 0.25) is 11.5 Å². The Morgan fingerprint density at radius 3 is 2.22 bits per heavy atom. The first-order valence-corrected chi connectivity index (χ1v) is 9.71. The van der Waals surface area contributed by atoms with Crippen LogP contribution in [-0.4, -0.2) is 18.3 Å². The first-order chi connectivity index (χ1) is 14.7. The number of hydrogen-bond acceptors (Lipinski definition) is 3. The molecular formula is C19H11Cl3F6N2O2. The monoisotopic (exact) mass is 518 g/mol. The van der Waals surface area contributed by atoms with Gasteiger partial charge in [0.05, 0.1) is 16.4 Å². The number of hydrogen-bond donors (Lipinski definition) is 2. The Bertz CT molecular complexity index is 1070.